The normalized spacial score (nSPS) is 19.0. The first-order valence-corrected chi connectivity index (χ1v) is 11.4. The number of piperazine rings is 2. The molecule has 6 heteroatoms. The fourth-order valence-electron chi connectivity index (χ4n) is 4.34. The molecule has 0 aromatic heterocycles. The van der Waals surface area contributed by atoms with Crippen LogP contribution < -0.4 is 9.80 Å². The molecule has 0 radical (unpaired) electrons. The summed E-state index contributed by atoms with van der Waals surface area (Å²) in [4.78, 5) is 10.0. The quantitative estimate of drug-likeness (QED) is 0.673. The standard InChI is InChI=1S/C23H30Cl2N4/c24-20-5-3-6-21(19-20)28-15-11-26(12-16-28)9-4-10-27-13-17-29(18-14-27)23-8-2-1-7-22(23)25/h1-3,5-8,19H,4,9-18H2. The molecule has 2 aromatic rings. The fourth-order valence-corrected chi connectivity index (χ4v) is 4.78. The topological polar surface area (TPSA) is 13.0 Å². The molecule has 0 aliphatic carbocycles. The molecule has 2 fully saturated rings. The highest BCUT2D eigenvalue weighted by molar-refractivity contribution is 6.33. The van der Waals surface area contributed by atoms with Gasteiger partial charge < -0.3 is 9.80 Å². The second kappa shape index (κ2) is 10.0. The molecule has 2 saturated heterocycles. The van der Waals surface area contributed by atoms with Crippen molar-refractivity contribution in [1.29, 1.82) is 0 Å². The minimum atomic E-state index is 0.819. The van der Waals surface area contributed by atoms with Crippen molar-refractivity contribution in [1.82, 2.24) is 9.80 Å². The number of nitrogens with zero attached hydrogens (tertiary/aromatic N) is 4. The van der Waals surface area contributed by atoms with Crippen molar-refractivity contribution in [2.24, 2.45) is 0 Å². The Morgan fingerprint density at radius 2 is 1.28 bits per heavy atom. The van der Waals surface area contributed by atoms with Crippen LogP contribution in [-0.4, -0.2) is 75.2 Å². The molecule has 156 valence electrons. The summed E-state index contributed by atoms with van der Waals surface area (Å²) in [5.74, 6) is 0. The van der Waals surface area contributed by atoms with Crippen LogP contribution in [0.15, 0.2) is 48.5 Å². The monoisotopic (exact) mass is 432 g/mol. The van der Waals surface area contributed by atoms with Crippen LogP contribution in [-0.2, 0) is 0 Å². The van der Waals surface area contributed by atoms with E-state index in [2.05, 4.69) is 43.9 Å². The van der Waals surface area contributed by atoms with Crippen molar-refractivity contribution in [3.05, 3.63) is 58.6 Å². The Kier molecular flexibility index (Phi) is 7.20. The van der Waals surface area contributed by atoms with Gasteiger partial charge in [0.05, 0.1) is 10.7 Å². The van der Waals surface area contributed by atoms with Crippen molar-refractivity contribution >= 4 is 34.6 Å². The number of hydrogen-bond acceptors (Lipinski definition) is 4. The van der Waals surface area contributed by atoms with Gasteiger partial charge in [-0.15, -0.1) is 0 Å². The molecular weight excluding hydrogens is 403 g/mol. The maximum atomic E-state index is 6.35. The lowest BCUT2D eigenvalue weighted by Crippen LogP contribution is -2.48. The average molecular weight is 433 g/mol. The van der Waals surface area contributed by atoms with Crippen LogP contribution in [0.1, 0.15) is 6.42 Å². The van der Waals surface area contributed by atoms with Gasteiger partial charge in [0.2, 0.25) is 0 Å². The van der Waals surface area contributed by atoms with Crippen molar-refractivity contribution < 1.29 is 0 Å². The highest BCUT2D eigenvalue weighted by Gasteiger charge is 2.20. The van der Waals surface area contributed by atoms with Crippen molar-refractivity contribution in [2.75, 3.05) is 75.2 Å². The van der Waals surface area contributed by atoms with Crippen molar-refractivity contribution in [3.63, 3.8) is 0 Å². The number of halogens is 2. The number of anilines is 2. The first kappa shape index (κ1) is 20.8. The lowest BCUT2D eigenvalue weighted by atomic mass is 10.2. The van der Waals surface area contributed by atoms with Crippen LogP contribution in [0.5, 0.6) is 0 Å². The zero-order valence-corrected chi connectivity index (χ0v) is 18.5. The van der Waals surface area contributed by atoms with E-state index in [1.54, 1.807) is 0 Å². The van der Waals surface area contributed by atoms with Crippen LogP contribution in [0.3, 0.4) is 0 Å². The molecule has 0 N–H and O–H groups in total. The van der Waals surface area contributed by atoms with E-state index >= 15 is 0 Å². The van der Waals surface area contributed by atoms with E-state index in [1.165, 1.54) is 30.9 Å². The number of benzene rings is 2. The van der Waals surface area contributed by atoms with Gasteiger partial charge in [-0.3, -0.25) is 9.80 Å². The molecule has 4 rings (SSSR count). The molecule has 2 aromatic carbocycles. The Hall–Kier alpha value is -1.46. The van der Waals surface area contributed by atoms with E-state index in [1.807, 2.05) is 24.3 Å². The predicted octanol–water partition coefficient (Wildman–Crippen LogP) is 4.33. The van der Waals surface area contributed by atoms with Crippen LogP contribution in [0, 0.1) is 0 Å². The molecule has 2 aliphatic heterocycles. The largest absolute Gasteiger partial charge is 0.369 e. The molecule has 29 heavy (non-hydrogen) atoms. The van der Waals surface area contributed by atoms with Gasteiger partial charge in [0.15, 0.2) is 0 Å². The summed E-state index contributed by atoms with van der Waals surface area (Å²) in [6.45, 7) is 11.2. The van der Waals surface area contributed by atoms with Gasteiger partial charge in [0.1, 0.15) is 0 Å². The number of para-hydroxylation sites is 1. The maximum absolute atomic E-state index is 6.35. The van der Waals surface area contributed by atoms with E-state index < -0.39 is 0 Å². The fraction of sp³-hybridized carbons (Fsp3) is 0.478. The zero-order chi connectivity index (χ0) is 20.1. The molecule has 0 bridgehead atoms. The van der Waals surface area contributed by atoms with E-state index in [0.29, 0.717) is 0 Å². The molecule has 2 heterocycles. The van der Waals surface area contributed by atoms with E-state index in [0.717, 1.165) is 62.4 Å². The summed E-state index contributed by atoms with van der Waals surface area (Å²) in [6.07, 6.45) is 1.24. The first-order chi connectivity index (χ1) is 14.2. The SMILES string of the molecule is Clc1cccc(N2CCN(CCCN3CCN(c4ccccc4Cl)CC3)CC2)c1. The van der Waals surface area contributed by atoms with Gasteiger partial charge in [-0.25, -0.2) is 0 Å². The second-order valence-electron chi connectivity index (χ2n) is 7.94. The summed E-state index contributed by atoms with van der Waals surface area (Å²) in [5.41, 5.74) is 2.42. The third-order valence-corrected chi connectivity index (χ3v) is 6.61. The van der Waals surface area contributed by atoms with Gasteiger partial charge >= 0.3 is 0 Å². The van der Waals surface area contributed by atoms with Crippen molar-refractivity contribution in [3.8, 4) is 0 Å². The predicted molar refractivity (Wildman–Crippen MR) is 125 cm³/mol. The molecular formula is C23H30Cl2N4. The minimum absolute atomic E-state index is 0.819. The maximum Gasteiger partial charge on any atom is 0.0639 e. The molecule has 2 aliphatic rings. The Morgan fingerprint density at radius 1 is 0.655 bits per heavy atom. The summed E-state index contributed by atoms with van der Waals surface area (Å²) < 4.78 is 0. The van der Waals surface area contributed by atoms with Crippen LogP contribution in [0.2, 0.25) is 10.0 Å². The first-order valence-electron chi connectivity index (χ1n) is 10.6. The van der Waals surface area contributed by atoms with Gasteiger partial charge in [0.25, 0.3) is 0 Å². The van der Waals surface area contributed by atoms with Crippen LogP contribution in [0.4, 0.5) is 11.4 Å². The molecule has 0 atom stereocenters. The van der Waals surface area contributed by atoms with E-state index in [-0.39, 0.29) is 0 Å². The summed E-state index contributed by atoms with van der Waals surface area (Å²) in [7, 11) is 0. The Balaban J connectivity index is 1.14. The third kappa shape index (κ3) is 5.58. The summed E-state index contributed by atoms with van der Waals surface area (Å²) in [6, 6.07) is 16.4. The molecule has 0 unspecified atom stereocenters. The average Bonchev–Trinajstić information content (AvgIpc) is 2.75. The van der Waals surface area contributed by atoms with E-state index in [9.17, 15) is 0 Å². The molecule has 0 amide bonds. The third-order valence-electron chi connectivity index (χ3n) is 6.06. The Labute approximate surface area is 184 Å². The smallest absolute Gasteiger partial charge is 0.0639 e. The Morgan fingerprint density at radius 3 is 1.90 bits per heavy atom. The number of hydrogen-bond donors (Lipinski definition) is 0. The Bertz CT molecular complexity index is 784. The van der Waals surface area contributed by atoms with Crippen LogP contribution >= 0.6 is 23.2 Å². The highest BCUT2D eigenvalue weighted by atomic mass is 35.5. The zero-order valence-electron chi connectivity index (χ0n) is 16.9. The van der Waals surface area contributed by atoms with Crippen LogP contribution in [0.25, 0.3) is 0 Å². The summed E-state index contributed by atoms with van der Waals surface area (Å²) in [5, 5.41) is 1.68. The molecule has 0 spiro atoms. The van der Waals surface area contributed by atoms with Gasteiger partial charge in [-0.05, 0) is 49.8 Å². The highest BCUT2D eigenvalue weighted by Crippen LogP contribution is 2.26. The lowest BCUT2D eigenvalue weighted by Gasteiger charge is -2.38. The summed E-state index contributed by atoms with van der Waals surface area (Å²) >= 11 is 12.5. The lowest BCUT2D eigenvalue weighted by molar-refractivity contribution is 0.213. The van der Waals surface area contributed by atoms with Gasteiger partial charge in [0, 0.05) is 63.1 Å². The second-order valence-corrected chi connectivity index (χ2v) is 8.79. The van der Waals surface area contributed by atoms with Crippen molar-refractivity contribution in [2.45, 2.75) is 6.42 Å². The van der Waals surface area contributed by atoms with E-state index in [4.69, 9.17) is 23.2 Å². The van der Waals surface area contributed by atoms with Gasteiger partial charge in [-0.1, -0.05) is 41.4 Å². The number of rotatable bonds is 6. The molecule has 4 nitrogen and oxygen atoms in total. The molecule has 0 saturated carbocycles. The van der Waals surface area contributed by atoms with Gasteiger partial charge in [-0.2, -0.15) is 0 Å². The minimum Gasteiger partial charge on any atom is -0.369 e.